The van der Waals surface area contributed by atoms with Crippen LogP contribution >= 0.6 is 0 Å². The lowest BCUT2D eigenvalue weighted by Gasteiger charge is -2.37. The minimum atomic E-state index is -0.955. The third kappa shape index (κ3) is 4.80. The van der Waals surface area contributed by atoms with Gasteiger partial charge in [-0.3, -0.25) is 9.59 Å². The van der Waals surface area contributed by atoms with E-state index in [0.717, 1.165) is 24.9 Å². The molecule has 144 valence electrons. The normalized spacial score (nSPS) is 24.0. The Balaban J connectivity index is 2.18. The number of piperidine rings is 1. The van der Waals surface area contributed by atoms with Crippen LogP contribution in [0.4, 0.5) is 4.39 Å². The van der Waals surface area contributed by atoms with E-state index in [1.165, 1.54) is 19.2 Å². The molecule has 1 saturated heterocycles. The van der Waals surface area contributed by atoms with Gasteiger partial charge in [-0.25, -0.2) is 4.39 Å². The van der Waals surface area contributed by atoms with Crippen LogP contribution in [-0.4, -0.2) is 44.2 Å². The highest BCUT2D eigenvalue weighted by atomic mass is 19.1. The first-order valence-corrected chi connectivity index (χ1v) is 9.02. The first kappa shape index (κ1) is 20.3. The molecular formula is C19H28FN3O3. The highest BCUT2D eigenvalue weighted by Gasteiger charge is 2.31. The molecule has 0 spiro atoms. The molecule has 1 aliphatic heterocycles. The van der Waals surface area contributed by atoms with E-state index in [0.29, 0.717) is 5.92 Å². The van der Waals surface area contributed by atoms with Crippen molar-refractivity contribution in [2.45, 2.75) is 44.7 Å². The smallest absolute Gasteiger partial charge is 0.324 e. The Morgan fingerprint density at radius 3 is 2.81 bits per heavy atom. The van der Waals surface area contributed by atoms with Gasteiger partial charge in [0, 0.05) is 24.1 Å². The number of rotatable bonds is 6. The third-order valence-electron chi connectivity index (χ3n) is 5.05. The van der Waals surface area contributed by atoms with Crippen LogP contribution < -0.4 is 16.4 Å². The van der Waals surface area contributed by atoms with Gasteiger partial charge in [0.2, 0.25) is 0 Å². The maximum Gasteiger partial charge on any atom is 0.324 e. The average Bonchev–Trinajstić information content (AvgIpc) is 2.64. The van der Waals surface area contributed by atoms with E-state index < -0.39 is 23.7 Å². The molecule has 4 atom stereocenters. The fourth-order valence-corrected chi connectivity index (χ4v) is 3.63. The molecule has 0 aliphatic carbocycles. The zero-order valence-corrected chi connectivity index (χ0v) is 15.5. The zero-order chi connectivity index (χ0) is 19.3. The number of nitrogens with two attached hydrogens (primary N) is 1. The van der Waals surface area contributed by atoms with E-state index in [1.807, 2.05) is 0 Å². The van der Waals surface area contributed by atoms with Gasteiger partial charge < -0.3 is 21.1 Å². The van der Waals surface area contributed by atoms with Gasteiger partial charge in [0.1, 0.15) is 11.9 Å². The molecule has 26 heavy (non-hydrogen) atoms. The summed E-state index contributed by atoms with van der Waals surface area (Å²) >= 11 is 0. The Hall–Kier alpha value is -1.99. The Morgan fingerprint density at radius 2 is 2.15 bits per heavy atom. The number of hydrogen-bond donors (Lipinski definition) is 3. The second-order valence-electron chi connectivity index (χ2n) is 6.87. The van der Waals surface area contributed by atoms with Crippen molar-refractivity contribution in [2.24, 2.45) is 11.7 Å². The Morgan fingerprint density at radius 1 is 1.42 bits per heavy atom. The molecule has 1 aliphatic rings. The zero-order valence-electron chi connectivity index (χ0n) is 15.5. The highest BCUT2D eigenvalue weighted by Crippen LogP contribution is 2.35. The monoisotopic (exact) mass is 365 g/mol. The molecule has 0 radical (unpaired) electrons. The summed E-state index contributed by atoms with van der Waals surface area (Å²) in [6, 6.07) is 3.74. The third-order valence-corrected chi connectivity index (χ3v) is 5.05. The van der Waals surface area contributed by atoms with Gasteiger partial charge in [-0.1, -0.05) is 13.8 Å². The number of halogens is 1. The van der Waals surface area contributed by atoms with Gasteiger partial charge in [-0.2, -0.15) is 0 Å². The number of ether oxygens (including phenoxy) is 1. The lowest BCUT2D eigenvalue weighted by Crippen LogP contribution is -2.44. The van der Waals surface area contributed by atoms with Crippen molar-refractivity contribution in [3.63, 3.8) is 0 Å². The predicted molar refractivity (Wildman–Crippen MR) is 97.3 cm³/mol. The molecule has 6 nitrogen and oxygen atoms in total. The number of benzene rings is 1. The van der Waals surface area contributed by atoms with Crippen LogP contribution in [0, 0.1) is 11.7 Å². The summed E-state index contributed by atoms with van der Waals surface area (Å²) in [5.41, 5.74) is 6.66. The van der Waals surface area contributed by atoms with Crippen LogP contribution in [0.25, 0.3) is 0 Å². The van der Waals surface area contributed by atoms with Gasteiger partial charge >= 0.3 is 5.97 Å². The quantitative estimate of drug-likeness (QED) is 0.665. The summed E-state index contributed by atoms with van der Waals surface area (Å²) in [6.45, 7) is 5.14. The number of esters is 1. The molecule has 4 N–H and O–H groups in total. The molecule has 3 unspecified atom stereocenters. The number of hydrogen-bond acceptors (Lipinski definition) is 5. The minimum Gasteiger partial charge on any atom is -0.468 e. The summed E-state index contributed by atoms with van der Waals surface area (Å²) in [5, 5.41) is 6.04. The first-order valence-electron chi connectivity index (χ1n) is 9.02. The van der Waals surface area contributed by atoms with Crippen LogP contribution in [0.1, 0.15) is 48.5 Å². The molecule has 1 aromatic rings. The summed E-state index contributed by atoms with van der Waals surface area (Å²) in [5.74, 6) is -0.981. The summed E-state index contributed by atoms with van der Waals surface area (Å²) in [7, 11) is 1.23. The topological polar surface area (TPSA) is 93.5 Å². The van der Waals surface area contributed by atoms with Crippen molar-refractivity contribution >= 4 is 11.9 Å². The van der Waals surface area contributed by atoms with E-state index >= 15 is 0 Å². The Bertz CT molecular complexity index is 653. The van der Waals surface area contributed by atoms with Crippen LogP contribution in [-0.2, 0) is 9.53 Å². The second kappa shape index (κ2) is 9.09. The molecule has 1 amide bonds. The number of carbonyl (C=O) groups is 2. The molecule has 1 fully saturated rings. The van der Waals surface area contributed by atoms with Crippen LogP contribution in [0.15, 0.2) is 18.2 Å². The van der Waals surface area contributed by atoms with E-state index in [2.05, 4.69) is 29.2 Å². The summed E-state index contributed by atoms with van der Waals surface area (Å²) in [4.78, 5) is 23.7. The average molecular weight is 365 g/mol. The first-order chi connectivity index (χ1) is 12.4. The van der Waals surface area contributed by atoms with Crippen molar-refractivity contribution in [3.05, 3.63) is 35.1 Å². The predicted octanol–water partition coefficient (Wildman–Crippen LogP) is 1.55. The summed E-state index contributed by atoms with van der Waals surface area (Å²) in [6.07, 6.45) is 1.94. The molecule has 7 heteroatoms. The number of nitrogens with one attached hydrogen (secondary N) is 2. The van der Waals surface area contributed by atoms with Crippen molar-refractivity contribution in [1.29, 1.82) is 0 Å². The number of methoxy groups -OCH3 is 1. The molecule has 1 aromatic carbocycles. The second-order valence-corrected chi connectivity index (χ2v) is 6.87. The number of amides is 1. The van der Waals surface area contributed by atoms with Crippen molar-refractivity contribution in [3.8, 4) is 0 Å². The molecule has 0 saturated carbocycles. The van der Waals surface area contributed by atoms with Gasteiger partial charge in [0.15, 0.2) is 0 Å². The fraction of sp³-hybridized carbons (Fsp3) is 0.579. The largest absolute Gasteiger partial charge is 0.468 e. The number of carbonyl (C=O) groups excluding carboxylic acids is 2. The molecule has 2 rings (SSSR count). The van der Waals surface area contributed by atoms with Gasteiger partial charge in [-0.05, 0) is 49.1 Å². The standard InChI is InChI=1S/C19H28FN3O3/c1-4-16-17(11(2)5-6-22-16)12-7-13(9-14(20)8-12)18(24)23-10-15(21)19(25)26-3/h7-9,11,15-17,22H,4-6,10,21H2,1-3H3,(H,23,24)/t11?,15-,16?,17?/m1/s1. The van der Waals surface area contributed by atoms with Gasteiger partial charge in [-0.15, -0.1) is 0 Å². The Kier molecular flexibility index (Phi) is 7.11. The lowest BCUT2D eigenvalue weighted by atomic mass is 9.76. The fourth-order valence-electron chi connectivity index (χ4n) is 3.63. The van der Waals surface area contributed by atoms with Gasteiger partial charge in [0.05, 0.1) is 7.11 Å². The maximum atomic E-state index is 14.2. The van der Waals surface area contributed by atoms with E-state index in [9.17, 15) is 14.0 Å². The van der Waals surface area contributed by atoms with Crippen LogP contribution in [0.2, 0.25) is 0 Å². The van der Waals surface area contributed by atoms with E-state index in [1.54, 1.807) is 6.07 Å². The molecule has 0 aromatic heterocycles. The summed E-state index contributed by atoms with van der Waals surface area (Å²) < 4.78 is 18.7. The van der Waals surface area contributed by atoms with Crippen LogP contribution in [0.3, 0.4) is 0 Å². The SMILES string of the molecule is CCC1NCCC(C)C1c1cc(F)cc(C(=O)NC[C@@H](N)C(=O)OC)c1. The van der Waals surface area contributed by atoms with Crippen molar-refractivity contribution in [1.82, 2.24) is 10.6 Å². The highest BCUT2D eigenvalue weighted by molar-refractivity contribution is 5.94. The Labute approximate surface area is 153 Å². The minimum absolute atomic E-state index is 0.0731. The lowest BCUT2D eigenvalue weighted by molar-refractivity contribution is -0.141. The van der Waals surface area contributed by atoms with E-state index in [-0.39, 0.29) is 24.1 Å². The van der Waals surface area contributed by atoms with Gasteiger partial charge in [0.25, 0.3) is 5.91 Å². The molecular weight excluding hydrogens is 337 g/mol. The van der Waals surface area contributed by atoms with Crippen molar-refractivity contribution in [2.75, 3.05) is 20.2 Å². The maximum absolute atomic E-state index is 14.2. The molecule has 0 bridgehead atoms. The molecule has 1 heterocycles. The van der Waals surface area contributed by atoms with E-state index in [4.69, 9.17) is 5.73 Å². The van der Waals surface area contributed by atoms with Crippen molar-refractivity contribution < 1.29 is 18.7 Å². The van der Waals surface area contributed by atoms with Crippen LogP contribution in [0.5, 0.6) is 0 Å².